The van der Waals surface area contributed by atoms with Gasteiger partial charge in [-0.15, -0.1) is 0 Å². The maximum atomic E-state index is 9.10. The second-order valence-electron chi connectivity index (χ2n) is 19.2. The molecule has 287 valence electrons. The fourth-order valence-electron chi connectivity index (χ4n) is 9.99. The molecule has 0 spiro atoms. The van der Waals surface area contributed by atoms with Gasteiger partial charge in [0.2, 0.25) is 0 Å². The molecule has 3 atom stereocenters. The molecule has 0 amide bonds. The van der Waals surface area contributed by atoms with Crippen molar-refractivity contribution in [2.75, 3.05) is 0 Å². The maximum absolute atomic E-state index is 9.10. The molecule has 0 aliphatic heterocycles. The van der Waals surface area contributed by atoms with Crippen molar-refractivity contribution < 1.29 is 15.6 Å². The first-order valence-corrected chi connectivity index (χ1v) is 36.9. The average Bonchev–Trinajstić information content (AvgIpc) is 3.66. The van der Waals surface area contributed by atoms with Gasteiger partial charge in [-0.1, -0.05) is 0 Å². The molecule has 4 aromatic carbocycles. The summed E-state index contributed by atoms with van der Waals surface area (Å²) in [5, 5.41) is 0. The quantitative estimate of drug-likeness (QED) is 0.118. The van der Waals surface area contributed by atoms with Gasteiger partial charge in [0.25, 0.3) is 0 Å². The molecule has 6 rings (SSSR count). The number of aryl methyl sites for hydroxylation is 2. The first kappa shape index (κ1) is 41.7. The molecule has 2 aliphatic rings. The molecule has 54 heavy (non-hydrogen) atoms. The van der Waals surface area contributed by atoms with Crippen LogP contribution in [-0.2, 0) is 28.4 Å². The first-order valence-electron chi connectivity index (χ1n) is 20.9. The first-order chi connectivity index (χ1) is 25.5. The minimum atomic E-state index is -5.06. The number of halogens is 2. The zero-order valence-electron chi connectivity index (χ0n) is 34.9. The van der Waals surface area contributed by atoms with Crippen LogP contribution in [0.2, 0.25) is 12.6 Å². The van der Waals surface area contributed by atoms with Gasteiger partial charge in [-0.25, -0.2) is 0 Å². The Hall–Kier alpha value is -1.96. The Bertz CT molecular complexity index is 1880. The number of allylic oxidation sites excluding steroid dienone is 2. The van der Waals surface area contributed by atoms with E-state index in [9.17, 15) is 0 Å². The van der Waals surface area contributed by atoms with E-state index in [1.54, 1.807) is 0 Å². The fraction of sp³-hybridized carbons (Fsp3) is 0.440. The van der Waals surface area contributed by atoms with Crippen molar-refractivity contribution in [1.29, 1.82) is 0 Å². The van der Waals surface area contributed by atoms with Crippen LogP contribution in [0.15, 0.2) is 96.1 Å². The molecule has 0 aromatic heterocycles. The topological polar surface area (TPSA) is 0 Å². The van der Waals surface area contributed by atoms with Crippen LogP contribution >= 0.6 is 17.0 Å². The monoisotopic (exact) mass is 853 g/mol. The van der Waals surface area contributed by atoms with Crippen molar-refractivity contribution in [2.45, 2.75) is 127 Å². The van der Waals surface area contributed by atoms with Gasteiger partial charge in [-0.3, -0.25) is 0 Å². The van der Waals surface area contributed by atoms with Crippen LogP contribution in [0.4, 0.5) is 0 Å². The molecule has 0 heterocycles. The molecular weight excluding hydrogens is 791 g/mol. The second-order valence-corrected chi connectivity index (χ2v) is 60.5. The van der Waals surface area contributed by atoms with Crippen molar-refractivity contribution >= 4 is 35.1 Å². The number of hydrogen-bond acceptors (Lipinski definition) is 0. The van der Waals surface area contributed by atoms with Gasteiger partial charge in [-0.05, 0) is 0 Å². The van der Waals surface area contributed by atoms with E-state index in [0.29, 0.717) is 0 Å². The predicted octanol–water partition coefficient (Wildman–Crippen LogP) is 16.1. The van der Waals surface area contributed by atoms with Gasteiger partial charge in [0.15, 0.2) is 0 Å². The third-order valence-electron chi connectivity index (χ3n) is 12.1. The molecule has 0 fully saturated rings. The Labute approximate surface area is 337 Å². The Morgan fingerprint density at radius 1 is 0.556 bits per heavy atom. The number of rotatable bonds is 13. The average molecular weight is 856 g/mol. The van der Waals surface area contributed by atoms with Crippen LogP contribution in [0.1, 0.15) is 135 Å². The normalized spacial score (nSPS) is 18.4. The summed E-state index contributed by atoms with van der Waals surface area (Å²) in [5.41, 5.74) is 16.6. The Balaban J connectivity index is 1.61. The van der Waals surface area contributed by atoms with E-state index in [1.807, 2.05) is 0 Å². The van der Waals surface area contributed by atoms with Crippen molar-refractivity contribution in [1.82, 2.24) is 0 Å². The number of fused-ring (bicyclic) bond motifs is 2. The minimum absolute atomic E-state index is 0.0767. The molecule has 0 radical (unpaired) electrons. The Morgan fingerprint density at radius 2 is 0.944 bits per heavy atom. The van der Waals surface area contributed by atoms with Crippen LogP contribution in [0.25, 0.3) is 34.4 Å². The number of hydrogen-bond donors (Lipinski definition) is 0. The molecule has 4 heteroatoms. The van der Waals surface area contributed by atoms with Crippen LogP contribution in [0.3, 0.4) is 0 Å². The second kappa shape index (κ2) is 16.1. The number of benzene rings is 4. The summed E-state index contributed by atoms with van der Waals surface area (Å²) in [6.07, 6.45) is 12.8. The Kier molecular flexibility index (Phi) is 12.4. The molecule has 0 N–H and O–H groups in total. The van der Waals surface area contributed by atoms with Gasteiger partial charge in [-0.2, -0.15) is 0 Å². The van der Waals surface area contributed by atoms with E-state index in [0.717, 1.165) is 44.9 Å². The van der Waals surface area contributed by atoms with E-state index in [2.05, 4.69) is 166 Å². The summed E-state index contributed by atoms with van der Waals surface area (Å²) in [4.78, 5) is 0. The van der Waals surface area contributed by atoms with Gasteiger partial charge in [0.05, 0.1) is 0 Å². The molecular formula is C50H65Cl2SiZr. The summed E-state index contributed by atoms with van der Waals surface area (Å²) in [5.74, 6) is -1.73. The standard InChI is InChI=1S/2C23H27.C4H11Si.2ClH.Zr/c2*1-5-7-17-10-12-19(13-11-17)21-9-6-8-20-14-18(15-22(20)21)16-23(2,3)4;1-3-4-5-2;;;/h2*6,8-15H,5,7,16H2,1-4H3;5H,3-4H2,1-2H3;2*1H;/q;;;;;+2/p-2. The molecule has 4 aromatic rings. The van der Waals surface area contributed by atoms with E-state index >= 15 is 0 Å². The van der Waals surface area contributed by atoms with Crippen molar-refractivity contribution in [2.24, 2.45) is 10.8 Å². The van der Waals surface area contributed by atoms with E-state index in [4.69, 9.17) is 17.0 Å². The molecule has 2 aliphatic carbocycles. The molecule has 3 unspecified atom stereocenters. The zero-order chi connectivity index (χ0) is 39.1. The molecule has 0 nitrogen and oxygen atoms in total. The van der Waals surface area contributed by atoms with Crippen LogP contribution in [-0.4, -0.2) is 5.92 Å². The van der Waals surface area contributed by atoms with E-state index in [-0.39, 0.29) is 18.1 Å². The van der Waals surface area contributed by atoms with Gasteiger partial charge < -0.3 is 0 Å². The van der Waals surface area contributed by atoms with Crippen molar-refractivity contribution in [3.8, 4) is 22.3 Å². The van der Waals surface area contributed by atoms with Gasteiger partial charge >= 0.3 is 340 Å². The van der Waals surface area contributed by atoms with E-state index in [1.165, 1.54) is 72.8 Å². The van der Waals surface area contributed by atoms with Crippen LogP contribution < -0.4 is 0 Å². The molecule has 0 bridgehead atoms. The van der Waals surface area contributed by atoms with Gasteiger partial charge in [0, 0.05) is 0 Å². The molecule has 0 saturated carbocycles. The summed E-state index contributed by atoms with van der Waals surface area (Å²) < 4.78 is 0.153. The van der Waals surface area contributed by atoms with Crippen molar-refractivity contribution in [3.63, 3.8) is 0 Å². The Morgan fingerprint density at radius 3 is 1.28 bits per heavy atom. The summed E-state index contributed by atoms with van der Waals surface area (Å²) in [6, 6.07) is 33.8. The third kappa shape index (κ3) is 8.21. The summed E-state index contributed by atoms with van der Waals surface area (Å²) >= 11 is -5.06. The predicted molar refractivity (Wildman–Crippen MR) is 241 cm³/mol. The fourth-order valence-corrected chi connectivity index (χ4v) is 51.1. The van der Waals surface area contributed by atoms with Crippen LogP contribution in [0, 0.1) is 10.8 Å². The SMILES string of the molecule is CCCc1ccc(-c2cccc3c2C=C(CC(C)(C)C)[CH]3[Zr]([Cl])([Cl])([CH]2C(CC(C)(C)C)=Cc3c(-c4ccc(CCC)cc4)cccc32)[SiH](C)CCC)cc1. The zero-order valence-corrected chi connectivity index (χ0v) is 40.0. The summed E-state index contributed by atoms with van der Waals surface area (Å²) in [7, 11) is 18.2. The van der Waals surface area contributed by atoms with E-state index < -0.39 is 21.5 Å². The van der Waals surface area contributed by atoms with Gasteiger partial charge in [0.1, 0.15) is 0 Å². The summed E-state index contributed by atoms with van der Waals surface area (Å²) in [6.45, 7) is 23.7. The van der Waals surface area contributed by atoms with Crippen molar-refractivity contribution in [3.05, 3.63) is 129 Å². The van der Waals surface area contributed by atoms with Crippen LogP contribution in [0.5, 0.6) is 0 Å². The third-order valence-corrected chi connectivity index (χ3v) is 62.6. The molecule has 0 saturated heterocycles.